The number of benzene rings is 2. The summed E-state index contributed by atoms with van der Waals surface area (Å²) in [6.45, 7) is 0. The predicted molar refractivity (Wildman–Crippen MR) is 92.6 cm³/mol. The van der Waals surface area contributed by atoms with Crippen molar-refractivity contribution in [3.8, 4) is 5.75 Å². The molecule has 1 aliphatic rings. The first-order valence-electron chi connectivity index (χ1n) is 7.20. The fourth-order valence-corrected chi connectivity index (χ4v) is 2.93. The second kappa shape index (κ2) is 6.49. The number of Topliss-reactive ketones (excluding diaryl/α,β-unsaturated/α-hetero) is 1. The first-order valence-corrected chi connectivity index (χ1v) is 7.99. The first-order chi connectivity index (χ1) is 11.5. The Morgan fingerprint density at radius 2 is 1.79 bits per heavy atom. The van der Waals surface area contributed by atoms with Gasteiger partial charge in [0.05, 0.1) is 18.7 Å². The van der Waals surface area contributed by atoms with Gasteiger partial charge in [-0.3, -0.25) is 9.59 Å². The summed E-state index contributed by atoms with van der Waals surface area (Å²) in [6.07, 6.45) is 0. The molecule has 1 heterocycles. The van der Waals surface area contributed by atoms with Gasteiger partial charge in [-0.2, -0.15) is 0 Å². The molecule has 0 aromatic heterocycles. The standard InChI is InChI=1S/C18H14BrNO4/c1-24-13-5-3-2-4-12(13)15-14(17(22)18(23)20-15)16(21)10-6-8-11(19)9-7-10/h2-9,15,21H,1H3,(H,20,23)/b16-14+. The third-order valence-electron chi connectivity index (χ3n) is 3.84. The molecule has 6 heteroatoms. The SMILES string of the molecule is COc1ccccc1C1NC(=O)C(=O)/C1=C(/O)c1ccc(Br)cc1. The van der Waals surface area contributed by atoms with Crippen molar-refractivity contribution in [1.82, 2.24) is 5.32 Å². The number of halogens is 1. The maximum Gasteiger partial charge on any atom is 0.293 e. The van der Waals surface area contributed by atoms with E-state index in [9.17, 15) is 14.7 Å². The highest BCUT2D eigenvalue weighted by molar-refractivity contribution is 9.10. The summed E-state index contributed by atoms with van der Waals surface area (Å²) < 4.78 is 6.15. The number of methoxy groups -OCH3 is 1. The Morgan fingerprint density at radius 1 is 1.12 bits per heavy atom. The van der Waals surface area contributed by atoms with Crippen LogP contribution in [0, 0.1) is 0 Å². The minimum Gasteiger partial charge on any atom is -0.507 e. The van der Waals surface area contributed by atoms with Crippen LogP contribution >= 0.6 is 15.9 Å². The normalized spacial score (nSPS) is 19.2. The number of para-hydroxylation sites is 1. The number of rotatable bonds is 3. The second-order valence-electron chi connectivity index (χ2n) is 5.25. The van der Waals surface area contributed by atoms with Crippen LogP contribution in [0.4, 0.5) is 0 Å². The number of hydrogen-bond acceptors (Lipinski definition) is 4. The number of ketones is 1. The lowest BCUT2D eigenvalue weighted by Crippen LogP contribution is -2.21. The molecule has 2 N–H and O–H groups in total. The Hall–Kier alpha value is -2.60. The molecule has 1 atom stereocenters. The number of carbonyl (C=O) groups is 2. The van der Waals surface area contributed by atoms with Crippen LogP contribution in [0.1, 0.15) is 17.2 Å². The highest BCUT2D eigenvalue weighted by Crippen LogP contribution is 2.36. The summed E-state index contributed by atoms with van der Waals surface area (Å²) in [5.74, 6) is -1.18. The summed E-state index contributed by atoms with van der Waals surface area (Å²) in [7, 11) is 1.51. The fourth-order valence-electron chi connectivity index (χ4n) is 2.67. The third kappa shape index (κ3) is 2.80. The highest BCUT2D eigenvalue weighted by Gasteiger charge is 2.40. The predicted octanol–water partition coefficient (Wildman–Crippen LogP) is 3.17. The van der Waals surface area contributed by atoms with Crippen molar-refractivity contribution in [2.24, 2.45) is 0 Å². The van der Waals surface area contributed by atoms with Crippen LogP contribution in [0.5, 0.6) is 5.75 Å². The van der Waals surface area contributed by atoms with Crippen molar-refractivity contribution in [1.29, 1.82) is 0 Å². The Bertz CT molecular complexity index is 842. The van der Waals surface area contributed by atoms with Crippen molar-refractivity contribution >= 4 is 33.4 Å². The second-order valence-corrected chi connectivity index (χ2v) is 6.16. The van der Waals surface area contributed by atoms with Gasteiger partial charge in [0.15, 0.2) is 0 Å². The number of nitrogens with one attached hydrogen (secondary N) is 1. The van der Waals surface area contributed by atoms with Gasteiger partial charge in [-0.05, 0) is 18.2 Å². The Morgan fingerprint density at radius 3 is 2.46 bits per heavy atom. The fraction of sp³-hybridized carbons (Fsp3) is 0.111. The van der Waals surface area contributed by atoms with Crippen LogP contribution in [0.25, 0.3) is 5.76 Å². The molecule has 1 fully saturated rings. The molecule has 1 amide bonds. The topological polar surface area (TPSA) is 75.6 Å². The number of carbonyl (C=O) groups excluding carboxylic acids is 2. The summed E-state index contributed by atoms with van der Waals surface area (Å²) in [4.78, 5) is 24.2. The maximum absolute atomic E-state index is 12.3. The summed E-state index contributed by atoms with van der Waals surface area (Å²) in [5.41, 5.74) is 1.09. The molecule has 122 valence electrons. The maximum atomic E-state index is 12.3. The molecule has 0 bridgehead atoms. The van der Waals surface area contributed by atoms with Gasteiger partial charge in [-0.15, -0.1) is 0 Å². The van der Waals surface area contributed by atoms with Crippen LogP contribution in [-0.2, 0) is 9.59 Å². The minimum absolute atomic E-state index is 0.0202. The van der Waals surface area contributed by atoms with Crippen molar-refractivity contribution < 1.29 is 19.4 Å². The lowest BCUT2D eigenvalue weighted by molar-refractivity contribution is -0.133. The zero-order valence-electron chi connectivity index (χ0n) is 12.7. The van der Waals surface area contributed by atoms with Crippen molar-refractivity contribution in [2.75, 3.05) is 7.11 Å². The molecule has 0 aliphatic carbocycles. The van der Waals surface area contributed by atoms with E-state index in [2.05, 4.69) is 21.2 Å². The van der Waals surface area contributed by atoms with E-state index in [1.54, 1.807) is 48.5 Å². The molecule has 2 aromatic rings. The van der Waals surface area contributed by atoms with Gasteiger partial charge in [0.2, 0.25) is 0 Å². The molecular weight excluding hydrogens is 374 g/mol. The number of aliphatic hydroxyl groups is 1. The van der Waals surface area contributed by atoms with E-state index in [1.807, 2.05) is 0 Å². The average Bonchev–Trinajstić information content (AvgIpc) is 2.90. The van der Waals surface area contributed by atoms with Crippen LogP contribution in [0.2, 0.25) is 0 Å². The number of hydrogen-bond donors (Lipinski definition) is 2. The van der Waals surface area contributed by atoms with Crippen molar-refractivity contribution in [3.05, 3.63) is 69.7 Å². The zero-order chi connectivity index (χ0) is 17.3. The molecule has 5 nitrogen and oxygen atoms in total. The lowest BCUT2D eigenvalue weighted by Gasteiger charge is -2.16. The molecule has 1 aliphatic heterocycles. The molecule has 2 aromatic carbocycles. The average molecular weight is 388 g/mol. The van der Waals surface area contributed by atoms with E-state index >= 15 is 0 Å². The van der Waals surface area contributed by atoms with E-state index in [1.165, 1.54) is 7.11 Å². The summed E-state index contributed by atoms with van der Waals surface area (Å²) in [5, 5.41) is 13.2. The molecular formula is C18H14BrNO4. The molecule has 24 heavy (non-hydrogen) atoms. The Balaban J connectivity index is 2.15. The van der Waals surface area contributed by atoms with Crippen LogP contribution < -0.4 is 10.1 Å². The van der Waals surface area contributed by atoms with Gasteiger partial charge in [-0.25, -0.2) is 0 Å². The van der Waals surface area contributed by atoms with E-state index in [0.29, 0.717) is 16.9 Å². The van der Waals surface area contributed by atoms with E-state index in [0.717, 1.165) is 4.47 Å². The van der Waals surface area contributed by atoms with E-state index < -0.39 is 17.7 Å². The molecule has 0 saturated carbocycles. The van der Waals surface area contributed by atoms with Crippen LogP contribution in [-0.4, -0.2) is 23.9 Å². The van der Waals surface area contributed by atoms with E-state index in [4.69, 9.17) is 4.74 Å². The van der Waals surface area contributed by atoms with Gasteiger partial charge in [0.25, 0.3) is 11.7 Å². The number of amides is 1. The lowest BCUT2D eigenvalue weighted by atomic mass is 9.95. The molecule has 3 rings (SSSR count). The monoisotopic (exact) mass is 387 g/mol. The van der Waals surface area contributed by atoms with Crippen LogP contribution in [0.15, 0.2) is 58.6 Å². The molecule has 0 radical (unpaired) electrons. The minimum atomic E-state index is -0.759. The van der Waals surface area contributed by atoms with Crippen LogP contribution in [0.3, 0.4) is 0 Å². The van der Waals surface area contributed by atoms with Gasteiger partial charge in [0.1, 0.15) is 11.5 Å². The van der Waals surface area contributed by atoms with Gasteiger partial charge < -0.3 is 15.2 Å². The third-order valence-corrected chi connectivity index (χ3v) is 4.37. The quantitative estimate of drug-likeness (QED) is 0.481. The van der Waals surface area contributed by atoms with Crippen molar-refractivity contribution in [3.63, 3.8) is 0 Å². The smallest absolute Gasteiger partial charge is 0.293 e. The molecule has 1 unspecified atom stereocenters. The number of aliphatic hydroxyl groups excluding tert-OH is 1. The highest BCUT2D eigenvalue weighted by atomic mass is 79.9. The summed E-state index contributed by atoms with van der Waals surface area (Å²) in [6, 6.07) is 13.1. The first kappa shape index (κ1) is 16.3. The Kier molecular flexibility index (Phi) is 4.40. The Labute approximate surface area is 147 Å². The summed E-state index contributed by atoms with van der Waals surface area (Å²) >= 11 is 3.32. The number of ether oxygens (including phenoxy) is 1. The largest absolute Gasteiger partial charge is 0.507 e. The zero-order valence-corrected chi connectivity index (χ0v) is 14.3. The van der Waals surface area contributed by atoms with Gasteiger partial charge in [0, 0.05) is 15.6 Å². The van der Waals surface area contributed by atoms with Crippen molar-refractivity contribution in [2.45, 2.75) is 6.04 Å². The molecule has 0 spiro atoms. The van der Waals surface area contributed by atoms with E-state index in [-0.39, 0.29) is 11.3 Å². The molecule has 1 saturated heterocycles. The van der Waals surface area contributed by atoms with Gasteiger partial charge in [-0.1, -0.05) is 46.3 Å². The van der Waals surface area contributed by atoms with Gasteiger partial charge >= 0.3 is 0 Å².